The second-order valence-corrected chi connectivity index (χ2v) is 25.4. The van der Waals surface area contributed by atoms with Crippen LogP contribution in [0.2, 0.25) is 0 Å². The molecule has 20 N–H and O–H groups in total. The average molecular weight is 1320 g/mol. The molecule has 520 valence electrons. The number of carbonyl (C=O) groups is 3. The number of rotatable bonds is 19. The van der Waals surface area contributed by atoms with Gasteiger partial charge in [-0.2, -0.15) is 0 Å². The molecule has 0 amide bonds. The molecule has 9 fully saturated rings. The van der Waals surface area contributed by atoms with Gasteiger partial charge in [-0.05, 0) is 75.5 Å². The molecule has 9 aliphatic rings. The molecule has 16 unspecified atom stereocenters. The Kier molecular flexibility index (Phi) is 24.8. The SMILES string of the molecule is O=C(C=CC1CCC(O)C(O)C1)OC[C@@H]1O[C@H](OC2CC(O)C3CC(O[C@H]4O[C@@H](CO)[C@H](O)[C@@H](O)[C@@H]4O[C@H]4O[C@@H](CO)[C@H](O)[C@@H](O)[C@@H]4OC(=O)C=CC4CCC(O)C(O)C4)C(C4CC(O)C(O)C(O[C@H]5O[C@@H](C(=O)O)[C@H](O)[C@@H](O)[C@H]5O)C4)OC3C2)[C@@H](O)[C@H](O)[C@H]1O. The molecule has 34 nitrogen and oxygen atoms in total. The van der Waals surface area contributed by atoms with Gasteiger partial charge in [0.1, 0.15) is 98.2 Å². The number of allylic oxidation sites excluding steroid dienone is 2. The van der Waals surface area contributed by atoms with Crippen LogP contribution < -0.4 is 0 Å². The standard InChI is InChI=1S/C57H88O34/c58-16-33-40(70)45(75)52(91-57-51(44(74)39(69)34(17-59)87-57)89-37(67)8-4-20-2-6-25(61)28(64)10-20)56(86-33)85-32-15-23-26(62)13-22(82-54-47(77)42(72)41(71)35(88-54)18-81-36(66)7-3-19-1-5-24(60)27(63)9-19)14-30(23)83-49(32)21-11-29(65)38(68)31(12-21)84-55-48(78)43(73)46(76)50(90-55)53(79)80/h3-4,7-8,19-35,38-52,54-65,68-78H,1-2,5-6,9-18H2,(H,79,80)/t19?,20?,21?,22?,23?,24?,25?,26?,27?,28?,29?,30?,31?,32?,33-,34-,35-,38?,39-,40-,41-,42+,43+,44+,45+,46+,47-,48+,49?,50+,51-,52-,54-,55-,56-,57+/m0/s1. The van der Waals surface area contributed by atoms with Crippen LogP contribution in [0.1, 0.15) is 70.6 Å². The van der Waals surface area contributed by atoms with Gasteiger partial charge in [-0.1, -0.05) is 12.2 Å². The van der Waals surface area contributed by atoms with Crippen molar-refractivity contribution in [1.29, 1.82) is 0 Å². The van der Waals surface area contributed by atoms with Gasteiger partial charge in [0.15, 0.2) is 37.4 Å². The van der Waals surface area contributed by atoms with Gasteiger partial charge in [-0.25, -0.2) is 14.4 Å². The molecule has 0 bridgehead atoms. The summed E-state index contributed by atoms with van der Waals surface area (Å²) in [6.07, 6.45) is -48.9. The zero-order valence-electron chi connectivity index (χ0n) is 49.2. The third kappa shape index (κ3) is 16.6. The molecule has 0 radical (unpaired) electrons. The van der Waals surface area contributed by atoms with Crippen LogP contribution in [0.25, 0.3) is 0 Å². The van der Waals surface area contributed by atoms with Crippen molar-refractivity contribution in [1.82, 2.24) is 0 Å². The zero-order chi connectivity index (χ0) is 66.0. The van der Waals surface area contributed by atoms with Crippen LogP contribution >= 0.6 is 0 Å². The van der Waals surface area contributed by atoms with Gasteiger partial charge in [0, 0.05) is 30.9 Å². The summed E-state index contributed by atoms with van der Waals surface area (Å²) < 4.78 is 65.6. The fourth-order valence-corrected chi connectivity index (χ4v) is 13.8. The number of carboxylic acid groups (broad SMARTS) is 1. The number of hydrogen-bond acceptors (Lipinski definition) is 33. The first-order chi connectivity index (χ1) is 43.2. The van der Waals surface area contributed by atoms with Crippen LogP contribution in [0.15, 0.2) is 24.3 Å². The Balaban J connectivity index is 0.961. The monoisotopic (exact) mass is 1320 g/mol. The molecule has 0 aromatic carbocycles. The number of aliphatic hydroxyl groups excluding tert-OH is 19. The third-order valence-corrected chi connectivity index (χ3v) is 19.2. The maximum Gasteiger partial charge on any atom is 0.335 e. The Hall–Kier alpha value is -3.23. The van der Waals surface area contributed by atoms with Crippen molar-refractivity contribution in [2.24, 2.45) is 23.7 Å². The van der Waals surface area contributed by atoms with Crippen molar-refractivity contribution in [3.63, 3.8) is 0 Å². The van der Waals surface area contributed by atoms with Gasteiger partial charge < -0.3 is 154 Å². The molecule has 9 rings (SSSR count). The predicted molar refractivity (Wildman–Crippen MR) is 291 cm³/mol. The van der Waals surface area contributed by atoms with Crippen molar-refractivity contribution in [2.45, 2.75) is 267 Å². The van der Waals surface area contributed by atoms with Gasteiger partial charge in [-0.15, -0.1) is 0 Å². The Bertz CT molecular complexity index is 2430. The number of aliphatic carboxylic acids is 1. The highest BCUT2D eigenvalue weighted by molar-refractivity contribution is 5.82. The number of ether oxygens (including phenoxy) is 11. The Labute approximate surface area is 519 Å². The number of carbonyl (C=O) groups excluding carboxylic acids is 2. The summed E-state index contributed by atoms with van der Waals surface area (Å²) in [5.41, 5.74) is 0. The van der Waals surface area contributed by atoms with Gasteiger partial charge >= 0.3 is 17.9 Å². The van der Waals surface area contributed by atoms with Gasteiger partial charge in [-0.3, -0.25) is 0 Å². The highest BCUT2D eigenvalue weighted by atomic mass is 16.8. The Morgan fingerprint density at radius 3 is 1.53 bits per heavy atom. The van der Waals surface area contributed by atoms with E-state index in [1.165, 1.54) is 12.2 Å². The fraction of sp³-hybridized carbons (Fsp3) is 0.877. The van der Waals surface area contributed by atoms with E-state index in [4.69, 9.17) is 52.1 Å². The molecule has 4 saturated carbocycles. The molecule has 91 heavy (non-hydrogen) atoms. The smallest absolute Gasteiger partial charge is 0.335 e. The van der Waals surface area contributed by atoms with E-state index >= 15 is 0 Å². The molecule has 0 aromatic rings. The quantitative estimate of drug-likeness (QED) is 0.0422. The molecule has 34 heteroatoms. The highest BCUT2D eigenvalue weighted by Gasteiger charge is 2.58. The second-order valence-electron chi connectivity index (χ2n) is 25.4. The van der Waals surface area contributed by atoms with E-state index < -0.39 is 252 Å². The van der Waals surface area contributed by atoms with Crippen molar-refractivity contribution in [3.05, 3.63) is 24.3 Å². The summed E-state index contributed by atoms with van der Waals surface area (Å²) in [4.78, 5) is 38.2. The van der Waals surface area contributed by atoms with Crippen LogP contribution in [-0.4, -0.2) is 336 Å². The summed E-state index contributed by atoms with van der Waals surface area (Å²) >= 11 is 0. The lowest BCUT2D eigenvalue weighted by atomic mass is 9.72. The molecule has 36 atom stereocenters. The fourth-order valence-electron chi connectivity index (χ4n) is 13.8. The topological polar surface area (TPSA) is 557 Å². The van der Waals surface area contributed by atoms with E-state index in [2.05, 4.69) is 0 Å². The van der Waals surface area contributed by atoms with E-state index in [-0.39, 0.29) is 57.3 Å². The van der Waals surface area contributed by atoms with E-state index in [9.17, 15) is 117 Å². The number of hydrogen-bond donors (Lipinski definition) is 20. The molecular formula is C57H88O34. The molecule has 0 aromatic heterocycles. The van der Waals surface area contributed by atoms with E-state index in [1.807, 2.05) is 0 Å². The zero-order valence-corrected chi connectivity index (χ0v) is 49.2. The lowest BCUT2D eigenvalue weighted by Crippen LogP contribution is -2.66. The molecule has 5 heterocycles. The minimum Gasteiger partial charge on any atom is -0.479 e. The third-order valence-electron chi connectivity index (χ3n) is 19.2. The minimum absolute atomic E-state index is 0.0947. The number of fused-ring (bicyclic) bond motifs is 1. The normalized spacial score (nSPS) is 50.1. The summed E-state index contributed by atoms with van der Waals surface area (Å²) in [7, 11) is 0. The first-order valence-electron chi connectivity index (χ1n) is 30.8. The van der Waals surface area contributed by atoms with Crippen LogP contribution in [-0.2, 0) is 66.5 Å². The molecular weight excluding hydrogens is 1230 g/mol. The number of aliphatic hydroxyl groups is 19. The van der Waals surface area contributed by atoms with Crippen molar-refractivity contribution in [3.8, 4) is 0 Å². The van der Waals surface area contributed by atoms with Crippen molar-refractivity contribution in [2.75, 3.05) is 19.8 Å². The second kappa shape index (κ2) is 31.3. The number of esters is 2. The molecule has 5 saturated heterocycles. The highest BCUT2D eigenvalue weighted by Crippen LogP contribution is 2.46. The van der Waals surface area contributed by atoms with Gasteiger partial charge in [0.2, 0.25) is 0 Å². The Morgan fingerprint density at radius 2 is 0.945 bits per heavy atom. The Morgan fingerprint density at radius 1 is 0.418 bits per heavy atom. The lowest BCUT2D eigenvalue weighted by molar-refractivity contribution is -0.380. The van der Waals surface area contributed by atoms with Crippen LogP contribution in [0.5, 0.6) is 0 Å². The van der Waals surface area contributed by atoms with E-state index in [1.54, 1.807) is 0 Å². The van der Waals surface area contributed by atoms with Gasteiger partial charge in [0.05, 0.1) is 80.4 Å². The molecule has 0 spiro atoms. The predicted octanol–water partition coefficient (Wildman–Crippen LogP) is -9.22. The van der Waals surface area contributed by atoms with E-state index in [0.717, 1.165) is 12.2 Å². The molecule has 5 aliphatic heterocycles. The first kappa shape index (κ1) is 72.0. The lowest BCUT2D eigenvalue weighted by Gasteiger charge is -2.53. The minimum atomic E-state index is -2.14. The summed E-state index contributed by atoms with van der Waals surface area (Å²) in [5.74, 6) is -6.42. The van der Waals surface area contributed by atoms with Crippen molar-refractivity contribution >= 4 is 17.9 Å². The van der Waals surface area contributed by atoms with Gasteiger partial charge in [0.25, 0.3) is 0 Å². The summed E-state index contributed by atoms with van der Waals surface area (Å²) in [5, 5.41) is 216. The maximum atomic E-state index is 13.4. The largest absolute Gasteiger partial charge is 0.479 e. The average Bonchev–Trinajstić information content (AvgIpc) is 1.47. The van der Waals surface area contributed by atoms with E-state index in [0.29, 0.717) is 19.3 Å². The maximum absolute atomic E-state index is 13.4. The van der Waals surface area contributed by atoms with Crippen molar-refractivity contribution < 1.29 is 169 Å². The summed E-state index contributed by atoms with van der Waals surface area (Å²) in [6.45, 7) is -2.56. The van der Waals surface area contributed by atoms with Crippen LogP contribution in [0.4, 0.5) is 0 Å². The van der Waals surface area contributed by atoms with Crippen LogP contribution in [0, 0.1) is 23.7 Å². The number of carboxylic acids is 1. The summed E-state index contributed by atoms with van der Waals surface area (Å²) in [6, 6.07) is 0. The first-order valence-corrected chi connectivity index (χ1v) is 30.8. The van der Waals surface area contributed by atoms with Crippen LogP contribution in [0.3, 0.4) is 0 Å². The molecule has 4 aliphatic carbocycles.